The van der Waals surface area contributed by atoms with Crippen LogP contribution in [0.3, 0.4) is 0 Å². The van der Waals surface area contributed by atoms with E-state index in [1.807, 2.05) is 13.8 Å². The van der Waals surface area contributed by atoms with Gasteiger partial charge in [-0.05, 0) is 19.9 Å². The molecule has 1 aliphatic heterocycles. The lowest BCUT2D eigenvalue weighted by atomic mass is 9.86. The zero-order valence-corrected chi connectivity index (χ0v) is 20.5. The third-order valence-corrected chi connectivity index (χ3v) is 7.91. The van der Waals surface area contributed by atoms with Crippen molar-refractivity contribution in [1.29, 1.82) is 0 Å². The number of pyridine rings is 2. The van der Waals surface area contributed by atoms with Crippen molar-refractivity contribution in [2.24, 2.45) is 5.41 Å². The molecular formula is C23H25F3N4O4S. The van der Waals surface area contributed by atoms with Crippen LogP contribution >= 0.6 is 0 Å². The van der Waals surface area contributed by atoms with E-state index in [2.05, 4.69) is 15.1 Å². The van der Waals surface area contributed by atoms with E-state index >= 15 is 0 Å². The number of Topliss-reactive ketones (excluding diaryl/α,β-unsaturated/α-hetero) is 1. The number of carbonyl (C=O) groups is 1. The molecule has 1 aliphatic rings. The lowest BCUT2D eigenvalue weighted by Crippen LogP contribution is -2.47. The van der Waals surface area contributed by atoms with Gasteiger partial charge in [-0.1, -0.05) is 6.92 Å². The van der Waals surface area contributed by atoms with Crippen LogP contribution in [0, 0.1) is 11.2 Å². The highest BCUT2D eigenvalue weighted by molar-refractivity contribution is 7.92. The maximum absolute atomic E-state index is 14.7. The lowest BCUT2D eigenvalue weighted by molar-refractivity contribution is -0.0242. The third-order valence-electron chi connectivity index (χ3n) is 5.64. The topological polar surface area (TPSA) is 104 Å². The van der Waals surface area contributed by atoms with Crippen LogP contribution in [0.1, 0.15) is 50.5 Å². The number of aromatic nitrogens is 4. The van der Waals surface area contributed by atoms with Crippen molar-refractivity contribution in [1.82, 2.24) is 19.7 Å². The summed E-state index contributed by atoms with van der Waals surface area (Å²) in [6.07, 6.45) is 2.28. The van der Waals surface area contributed by atoms with Crippen LogP contribution in [-0.2, 0) is 9.84 Å². The van der Waals surface area contributed by atoms with Gasteiger partial charge in [0.15, 0.2) is 28.0 Å². The highest BCUT2D eigenvalue weighted by atomic mass is 32.2. The zero-order valence-electron chi connectivity index (χ0n) is 19.7. The van der Waals surface area contributed by atoms with Crippen LogP contribution < -0.4 is 4.74 Å². The van der Waals surface area contributed by atoms with Gasteiger partial charge in [-0.3, -0.25) is 14.5 Å². The van der Waals surface area contributed by atoms with Gasteiger partial charge in [0, 0.05) is 48.2 Å². The Morgan fingerprint density at radius 1 is 1.23 bits per heavy atom. The fraction of sp³-hybridized carbons (Fsp3) is 0.478. The monoisotopic (exact) mass is 510 g/mol. The molecule has 4 heterocycles. The number of nitrogens with zero attached hydrogens (tertiary/aromatic N) is 4. The summed E-state index contributed by atoms with van der Waals surface area (Å²) in [6.45, 7) is 5.24. The fourth-order valence-electron chi connectivity index (χ4n) is 4.24. The second-order valence-corrected chi connectivity index (χ2v) is 11.8. The molecule has 0 amide bonds. The van der Waals surface area contributed by atoms with E-state index in [4.69, 9.17) is 4.74 Å². The summed E-state index contributed by atoms with van der Waals surface area (Å²) in [5, 5.41) is 4.48. The second kappa shape index (κ2) is 8.58. The Hall–Kier alpha value is -3.02. The molecule has 3 aromatic rings. The Morgan fingerprint density at radius 3 is 2.51 bits per heavy atom. The molecule has 3 aromatic heterocycles. The van der Waals surface area contributed by atoms with Gasteiger partial charge in [0.1, 0.15) is 11.2 Å². The number of carbonyl (C=O) groups excluding carboxylic acids is 1. The van der Waals surface area contributed by atoms with Crippen LogP contribution in [0.5, 0.6) is 5.88 Å². The van der Waals surface area contributed by atoms with Crippen molar-refractivity contribution in [3.63, 3.8) is 0 Å². The smallest absolute Gasteiger partial charge is 0.278 e. The van der Waals surface area contributed by atoms with Gasteiger partial charge in [-0.15, -0.1) is 0 Å². The molecule has 0 spiro atoms. The maximum atomic E-state index is 14.7. The van der Waals surface area contributed by atoms with E-state index in [9.17, 15) is 26.4 Å². The van der Waals surface area contributed by atoms with E-state index in [1.165, 1.54) is 12.3 Å². The van der Waals surface area contributed by atoms with Crippen LogP contribution in [0.15, 0.2) is 24.5 Å². The molecule has 0 radical (unpaired) electrons. The van der Waals surface area contributed by atoms with Gasteiger partial charge >= 0.3 is 0 Å². The molecule has 12 heteroatoms. The molecule has 8 nitrogen and oxygen atoms in total. The van der Waals surface area contributed by atoms with Gasteiger partial charge in [0.05, 0.1) is 23.2 Å². The standard InChI is InChI=1S/C23H25F3N4O4S/c1-13(2)30-17-5-14(18(31)7-22(3)11-35(32,33)12-22)8-28-21(17)20(29-30)15-6-19(27-9-16(15)24)34-10-23(4,25)26/h5-6,8-9,13H,7,10-12H2,1-4H3. The number of hydrogen-bond acceptors (Lipinski definition) is 7. The third kappa shape index (κ3) is 5.31. The van der Waals surface area contributed by atoms with Crippen LogP contribution in [0.4, 0.5) is 13.2 Å². The Bertz CT molecular complexity index is 1400. The molecule has 0 aromatic carbocycles. The summed E-state index contributed by atoms with van der Waals surface area (Å²) in [5.41, 5.74) is 0.590. The molecule has 35 heavy (non-hydrogen) atoms. The quantitative estimate of drug-likeness (QED) is 0.417. The summed E-state index contributed by atoms with van der Waals surface area (Å²) in [7, 11) is -3.09. The van der Waals surface area contributed by atoms with Crippen molar-refractivity contribution >= 4 is 26.7 Å². The Morgan fingerprint density at radius 2 is 1.91 bits per heavy atom. The molecule has 188 valence electrons. The van der Waals surface area contributed by atoms with Crippen LogP contribution in [-0.4, -0.2) is 58.0 Å². The maximum Gasteiger partial charge on any atom is 0.278 e. The minimum absolute atomic E-state index is 0.0300. The molecular weight excluding hydrogens is 485 g/mol. The van der Waals surface area contributed by atoms with E-state index in [0.717, 1.165) is 6.20 Å². The minimum Gasteiger partial charge on any atom is -0.471 e. The largest absolute Gasteiger partial charge is 0.471 e. The lowest BCUT2D eigenvalue weighted by Gasteiger charge is -2.37. The molecule has 0 atom stereocenters. The number of alkyl halides is 2. The van der Waals surface area contributed by atoms with Gasteiger partial charge in [0.2, 0.25) is 5.88 Å². The molecule has 0 saturated carbocycles. The van der Waals surface area contributed by atoms with E-state index < -0.39 is 33.6 Å². The second-order valence-electron chi connectivity index (χ2n) is 9.78. The van der Waals surface area contributed by atoms with Crippen molar-refractivity contribution < 1.29 is 31.1 Å². The molecule has 0 unspecified atom stereocenters. The molecule has 0 bridgehead atoms. The highest BCUT2D eigenvalue weighted by Gasteiger charge is 2.45. The Labute approximate surface area is 200 Å². The number of ether oxygens (including phenoxy) is 1. The van der Waals surface area contributed by atoms with E-state index in [-0.39, 0.29) is 46.9 Å². The van der Waals surface area contributed by atoms with Crippen molar-refractivity contribution in [2.45, 2.75) is 46.1 Å². The minimum atomic E-state index is -3.09. The molecule has 0 aliphatic carbocycles. The van der Waals surface area contributed by atoms with Crippen LogP contribution in [0.2, 0.25) is 0 Å². The number of rotatable bonds is 8. The summed E-state index contributed by atoms with van der Waals surface area (Å²) in [4.78, 5) is 21.0. The summed E-state index contributed by atoms with van der Waals surface area (Å²) in [5.74, 6) is -4.34. The average Bonchev–Trinajstić information content (AvgIpc) is 3.09. The van der Waals surface area contributed by atoms with Gasteiger partial charge in [-0.25, -0.2) is 26.6 Å². The Kier molecular flexibility index (Phi) is 6.15. The average molecular weight is 511 g/mol. The number of sulfone groups is 1. The highest BCUT2D eigenvalue weighted by Crippen LogP contribution is 2.37. The molecule has 1 fully saturated rings. The summed E-state index contributed by atoms with van der Waals surface area (Å²) >= 11 is 0. The van der Waals surface area contributed by atoms with Crippen LogP contribution in [0.25, 0.3) is 22.3 Å². The van der Waals surface area contributed by atoms with Gasteiger partial charge in [-0.2, -0.15) is 5.10 Å². The molecule has 4 rings (SSSR count). The predicted octanol–water partition coefficient (Wildman–Crippen LogP) is 4.25. The number of halogens is 3. The fourth-order valence-corrected chi connectivity index (χ4v) is 6.48. The first kappa shape index (κ1) is 25.1. The molecule has 1 saturated heterocycles. The van der Waals surface area contributed by atoms with Gasteiger partial charge < -0.3 is 4.74 Å². The van der Waals surface area contributed by atoms with Crippen molar-refractivity contribution in [3.05, 3.63) is 35.9 Å². The normalized spacial score (nSPS) is 16.9. The summed E-state index contributed by atoms with van der Waals surface area (Å²) in [6, 6.07) is 2.62. The number of hydrogen-bond donors (Lipinski definition) is 0. The predicted molar refractivity (Wildman–Crippen MR) is 123 cm³/mol. The Balaban J connectivity index is 1.71. The molecule has 0 N–H and O–H groups in total. The van der Waals surface area contributed by atoms with E-state index in [0.29, 0.717) is 23.5 Å². The number of ketones is 1. The van der Waals surface area contributed by atoms with Gasteiger partial charge in [0.25, 0.3) is 5.92 Å². The summed E-state index contributed by atoms with van der Waals surface area (Å²) < 4.78 is 70.8. The zero-order chi connectivity index (χ0) is 25.8. The van der Waals surface area contributed by atoms with Crippen molar-refractivity contribution in [2.75, 3.05) is 18.1 Å². The number of fused-ring (bicyclic) bond motifs is 1. The SMILES string of the molecule is CC(C)n1nc(-c2cc(OCC(C)(F)F)ncc2F)c2ncc(C(=O)CC3(C)CS(=O)(=O)C3)cc21. The first-order valence-corrected chi connectivity index (χ1v) is 12.8. The van der Waals surface area contributed by atoms with E-state index in [1.54, 1.807) is 17.7 Å². The van der Waals surface area contributed by atoms with Crippen molar-refractivity contribution in [3.8, 4) is 17.1 Å². The first-order chi connectivity index (χ1) is 16.2. The first-order valence-electron chi connectivity index (χ1n) is 10.9.